The first-order valence-corrected chi connectivity index (χ1v) is 8.30. The van der Waals surface area contributed by atoms with E-state index < -0.39 is 10.0 Å². The van der Waals surface area contributed by atoms with Gasteiger partial charge in [-0.2, -0.15) is 0 Å². The number of carbonyl (C=O) groups excluding carboxylic acids is 1. The minimum absolute atomic E-state index is 0.0239. The zero-order chi connectivity index (χ0) is 15.3. The van der Waals surface area contributed by atoms with E-state index in [1.54, 1.807) is 12.1 Å². The average Bonchev–Trinajstić information content (AvgIpc) is 2.37. The Morgan fingerprint density at radius 2 is 2.00 bits per heavy atom. The summed E-state index contributed by atoms with van der Waals surface area (Å²) in [6.07, 6.45) is 2.39. The average molecular weight is 298 g/mol. The standard InChI is InChI=1S/C14H22N2O3S/c1-4-6-10(3)16-14(17)12-8-7-11(5-2)13(9-12)20(15,18)19/h7-10H,4-6H2,1-3H3,(H,16,17)(H2,15,18,19). The highest BCUT2D eigenvalue weighted by Gasteiger charge is 2.17. The third-order valence-electron chi connectivity index (χ3n) is 3.12. The molecule has 0 radical (unpaired) electrons. The number of benzene rings is 1. The van der Waals surface area contributed by atoms with Gasteiger partial charge in [0.05, 0.1) is 4.90 Å². The van der Waals surface area contributed by atoms with Crippen LogP contribution in [0.25, 0.3) is 0 Å². The molecule has 0 aliphatic rings. The van der Waals surface area contributed by atoms with Gasteiger partial charge in [-0.3, -0.25) is 4.79 Å². The number of nitrogens with two attached hydrogens (primary N) is 1. The number of aryl methyl sites for hydroxylation is 1. The van der Waals surface area contributed by atoms with Crippen molar-refractivity contribution < 1.29 is 13.2 Å². The molecular formula is C14H22N2O3S. The van der Waals surface area contributed by atoms with E-state index in [1.165, 1.54) is 6.07 Å². The maximum atomic E-state index is 12.1. The van der Waals surface area contributed by atoms with Gasteiger partial charge in [0.1, 0.15) is 0 Å². The van der Waals surface area contributed by atoms with E-state index in [0.717, 1.165) is 12.8 Å². The third-order valence-corrected chi connectivity index (χ3v) is 4.11. The van der Waals surface area contributed by atoms with Crippen LogP contribution in [0.2, 0.25) is 0 Å². The zero-order valence-electron chi connectivity index (χ0n) is 12.1. The Morgan fingerprint density at radius 1 is 1.35 bits per heavy atom. The van der Waals surface area contributed by atoms with Gasteiger partial charge in [0.2, 0.25) is 10.0 Å². The Kier molecular flexibility index (Phi) is 5.71. The molecule has 0 heterocycles. The van der Waals surface area contributed by atoms with Gasteiger partial charge >= 0.3 is 0 Å². The second-order valence-electron chi connectivity index (χ2n) is 4.88. The highest BCUT2D eigenvalue weighted by molar-refractivity contribution is 7.89. The fraction of sp³-hybridized carbons (Fsp3) is 0.500. The molecule has 1 unspecified atom stereocenters. The molecule has 0 saturated carbocycles. The van der Waals surface area contributed by atoms with Crippen LogP contribution in [0.5, 0.6) is 0 Å². The maximum absolute atomic E-state index is 12.1. The van der Waals surface area contributed by atoms with E-state index in [1.807, 2.05) is 20.8 Å². The largest absolute Gasteiger partial charge is 0.350 e. The summed E-state index contributed by atoms with van der Waals surface area (Å²) in [5, 5.41) is 8.03. The van der Waals surface area contributed by atoms with Gasteiger partial charge in [-0.25, -0.2) is 13.6 Å². The second kappa shape index (κ2) is 6.85. The molecule has 1 atom stereocenters. The number of amides is 1. The molecule has 0 aromatic heterocycles. The summed E-state index contributed by atoms with van der Waals surface area (Å²) in [4.78, 5) is 12.1. The Hall–Kier alpha value is -1.40. The van der Waals surface area contributed by atoms with Crippen LogP contribution in [0.3, 0.4) is 0 Å². The van der Waals surface area contributed by atoms with Gasteiger partial charge in [-0.05, 0) is 37.5 Å². The van der Waals surface area contributed by atoms with Crippen LogP contribution in [-0.2, 0) is 16.4 Å². The molecule has 0 spiro atoms. The minimum atomic E-state index is -3.82. The van der Waals surface area contributed by atoms with Gasteiger partial charge < -0.3 is 5.32 Å². The van der Waals surface area contributed by atoms with Gasteiger partial charge in [-0.1, -0.05) is 26.3 Å². The first-order valence-electron chi connectivity index (χ1n) is 6.76. The molecule has 0 fully saturated rings. The fourth-order valence-electron chi connectivity index (χ4n) is 2.07. The highest BCUT2D eigenvalue weighted by Crippen LogP contribution is 2.17. The van der Waals surface area contributed by atoms with E-state index >= 15 is 0 Å². The van der Waals surface area contributed by atoms with Crippen molar-refractivity contribution in [1.29, 1.82) is 0 Å². The Labute approximate surface area is 120 Å². The van der Waals surface area contributed by atoms with Crippen molar-refractivity contribution in [2.45, 2.75) is 51.0 Å². The topological polar surface area (TPSA) is 89.3 Å². The molecule has 20 heavy (non-hydrogen) atoms. The van der Waals surface area contributed by atoms with Crippen molar-refractivity contribution in [3.63, 3.8) is 0 Å². The van der Waals surface area contributed by atoms with Crippen LogP contribution >= 0.6 is 0 Å². The van der Waals surface area contributed by atoms with Crippen molar-refractivity contribution in [1.82, 2.24) is 5.32 Å². The number of primary sulfonamides is 1. The molecule has 112 valence electrons. The fourth-order valence-corrected chi connectivity index (χ4v) is 2.93. The molecule has 3 N–H and O–H groups in total. The molecule has 1 rings (SSSR count). The first-order chi connectivity index (χ1) is 9.29. The van der Waals surface area contributed by atoms with Gasteiger partial charge in [0.15, 0.2) is 0 Å². The summed E-state index contributed by atoms with van der Waals surface area (Å²) in [7, 11) is -3.82. The maximum Gasteiger partial charge on any atom is 0.251 e. The number of nitrogens with one attached hydrogen (secondary N) is 1. The van der Waals surface area contributed by atoms with E-state index in [9.17, 15) is 13.2 Å². The molecule has 1 amide bonds. The summed E-state index contributed by atoms with van der Waals surface area (Å²) in [6.45, 7) is 5.80. The molecule has 0 bridgehead atoms. The van der Waals surface area contributed by atoms with Crippen molar-refractivity contribution in [3.8, 4) is 0 Å². The van der Waals surface area contributed by atoms with Gasteiger partial charge in [0, 0.05) is 11.6 Å². The normalized spacial score (nSPS) is 13.0. The molecule has 0 saturated heterocycles. The predicted molar refractivity (Wildman–Crippen MR) is 79.0 cm³/mol. The zero-order valence-corrected chi connectivity index (χ0v) is 13.0. The highest BCUT2D eigenvalue weighted by atomic mass is 32.2. The molecule has 0 aliphatic carbocycles. The number of rotatable bonds is 6. The first kappa shape index (κ1) is 16.7. The summed E-state index contributed by atoms with van der Waals surface area (Å²) in [5.41, 5.74) is 0.930. The number of carbonyl (C=O) groups is 1. The van der Waals surface area contributed by atoms with Crippen LogP contribution in [0.4, 0.5) is 0 Å². The lowest BCUT2D eigenvalue weighted by Crippen LogP contribution is -2.32. The van der Waals surface area contributed by atoms with E-state index in [-0.39, 0.29) is 16.8 Å². The summed E-state index contributed by atoms with van der Waals surface area (Å²) >= 11 is 0. The molecule has 5 nitrogen and oxygen atoms in total. The van der Waals surface area contributed by atoms with Crippen LogP contribution in [0, 0.1) is 0 Å². The van der Waals surface area contributed by atoms with Crippen LogP contribution < -0.4 is 10.5 Å². The Balaban J connectivity index is 3.06. The Bertz CT molecular complexity index is 582. The van der Waals surface area contributed by atoms with Crippen molar-refractivity contribution in [2.24, 2.45) is 5.14 Å². The van der Waals surface area contributed by atoms with Crippen LogP contribution in [0.15, 0.2) is 23.1 Å². The SMILES string of the molecule is CCCC(C)NC(=O)c1ccc(CC)c(S(N)(=O)=O)c1. The predicted octanol–water partition coefficient (Wildman–Crippen LogP) is 1.81. The lowest BCUT2D eigenvalue weighted by molar-refractivity contribution is 0.0938. The smallest absolute Gasteiger partial charge is 0.251 e. The van der Waals surface area contributed by atoms with Crippen molar-refractivity contribution in [3.05, 3.63) is 29.3 Å². The lowest BCUT2D eigenvalue weighted by Gasteiger charge is -2.14. The summed E-state index contributed by atoms with van der Waals surface area (Å²) < 4.78 is 23.1. The third kappa shape index (κ3) is 4.31. The minimum Gasteiger partial charge on any atom is -0.350 e. The van der Waals surface area contributed by atoms with Crippen molar-refractivity contribution >= 4 is 15.9 Å². The number of hydrogen-bond acceptors (Lipinski definition) is 3. The van der Waals surface area contributed by atoms with E-state index in [2.05, 4.69) is 5.32 Å². The number of hydrogen-bond donors (Lipinski definition) is 2. The van der Waals surface area contributed by atoms with Gasteiger partial charge in [0.25, 0.3) is 5.91 Å². The second-order valence-corrected chi connectivity index (χ2v) is 6.41. The molecule has 6 heteroatoms. The number of sulfonamides is 1. The molecular weight excluding hydrogens is 276 g/mol. The van der Waals surface area contributed by atoms with E-state index in [0.29, 0.717) is 17.5 Å². The molecule has 0 aliphatic heterocycles. The Morgan fingerprint density at radius 3 is 2.50 bits per heavy atom. The van der Waals surface area contributed by atoms with Crippen LogP contribution in [-0.4, -0.2) is 20.4 Å². The quantitative estimate of drug-likeness (QED) is 0.839. The molecule has 1 aromatic rings. The van der Waals surface area contributed by atoms with E-state index in [4.69, 9.17) is 5.14 Å². The molecule has 1 aromatic carbocycles. The lowest BCUT2D eigenvalue weighted by atomic mass is 10.1. The summed E-state index contributed by atoms with van der Waals surface area (Å²) in [5.74, 6) is -0.279. The van der Waals surface area contributed by atoms with Crippen LogP contribution in [0.1, 0.15) is 49.5 Å². The van der Waals surface area contributed by atoms with Crippen molar-refractivity contribution in [2.75, 3.05) is 0 Å². The van der Waals surface area contributed by atoms with Gasteiger partial charge in [-0.15, -0.1) is 0 Å². The monoisotopic (exact) mass is 298 g/mol. The summed E-state index contributed by atoms with van der Waals surface area (Å²) in [6, 6.07) is 4.67.